The van der Waals surface area contributed by atoms with E-state index in [1.165, 1.54) is 0 Å². The zero-order valence-electron chi connectivity index (χ0n) is 8.63. The summed E-state index contributed by atoms with van der Waals surface area (Å²) in [5.74, 6) is -0.321. The Labute approximate surface area is 81.6 Å². The van der Waals surface area contributed by atoms with E-state index in [0.29, 0.717) is 12.2 Å². The van der Waals surface area contributed by atoms with Gasteiger partial charge in [-0.25, -0.2) is 4.79 Å². The minimum absolute atomic E-state index is 0.321. The van der Waals surface area contributed by atoms with Crippen molar-refractivity contribution >= 4 is 15.3 Å². The number of rotatable bonds is 6. The summed E-state index contributed by atoms with van der Waals surface area (Å²) in [6, 6.07) is 0.868. The smallest absolute Gasteiger partial charge is 0.385 e. The summed E-state index contributed by atoms with van der Waals surface area (Å²) >= 11 is 0. The van der Waals surface area contributed by atoms with Gasteiger partial charge in [0.2, 0.25) is 0 Å². The van der Waals surface area contributed by atoms with Gasteiger partial charge in [0.05, 0.1) is 0 Å². The Balaban J connectivity index is 3.93. The third-order valence-corrected chi connectivity index (χ3v) is 3.69. The van der Waals surface area contributed by atoms with E-state index in [9.17, 15) is 4.79 Å². The number of carbonyl (C=O) groups is 1. The Morgan fingerprint density at radius 3 is 2.46 bits per heavy atom. The van der Waals surface area contributed by atoms with Gasteiger partial charge < -0.3 is 8.85 Å². The van der Waals surface area contributed by atoms with Crippen LogP contribution in [0.15, 0.2) is 12.2 Å². The fourth-order valence-corrected chi connectivity index (χ4v) is 2.45. The molecule has 0 aromatic heterocycles. The topological polar surface area (TPSA) is 35.5 Å². The van der Waals surface area contributed by atoms with Crippen molar-refractivity contribution in [2.75, 3.05) is 6.61 Å². The highest BCUT2D eigenvalue weighted by molar-refractivity contribution is 6.47. The molecule has 13 heavy (non-hydrogen) atoms. The normalized spacial score (nSPS) is 12.2. The van der Waals surface area contributed by atoms with E-state index in [4.69, 9.17) is 8.85 Å². The molecule has 1 atom stereocenters. The highest BCUT2D eigenvalue weighted by Gasteiger charge is 2.16. The Hall–Kier alpha value is -0.613. The molecule has 0 rings (SSSR count). The molecule has 0 heterocycles. The zero-order chi connectivity index (χ0) is 10.3. The molecule has 1 unspecified atom stereocenters. The number of carbonyl (C=O) groups excluding carboxylic acids is 1. The molecular weight excluding hydrogens is 184 g/mol. The van der Waals surface area contributed by atoms with Gasteiger partial charge in [0.25, 0.3) is 0 Å². The first-order valence-corrected chi connectivity index (χ1v) is 6.35. The van der Waals surface area contributed by atoms with Gasteiger partial charge in [0.1, 0.15) is 0 Å². The highest BCUT2D eigenvalue weighted by Crippen LogP contribution is 2.04. The molecule has 0 saturated heterocycles. The van der Waals surface area contributed by atoms with Gasteiger partial charge in [0, 0.05) is 12.2 Å². The molecule has 0 aromatic rings. The Bertz CT molecular complexity index is 174. The van der Waals surface area contributed by atoms with Gasteiger partial charge in [-0.2, -0.15) is 0 Å². The summed E-state index contributed by atoms with van der Waals surface area (Å²) in [6.07, 6.45) is 0.986. The van der Waals surface area contributed by atoms with Crippen molar-refractivity contribution in [1.82, 2.24) is 0 Å². The van der Waals surface area contributed by atoms with Crippen LogP contribution in [0.25, 0.3) is 0 Å². The van der Waals surface area contributed by atoms with E-state index in [2.05, 4.69) is 6.58 Å². The fraction of sp³-hybridized carbons (Fsp3) is 0.667. The van der Waals surface area contributed by atoms with Gasteiger partial charge >= 0.3 is 15.3 Å². The molecule has 4 heteroatoms. The molecule has 0 amide bonds. The largest absolute Gasteiger partial charge is 0.493 e. The lowest BCUT2D eigenvalue weighted by Gasteiger charge is -2.14. The maximum Gasteiger partial charge on any atom is 0.385 e. The van der Waals surface area contributed by atoms with Crippen molar-refractivity contribution in [3.63, 3.8) is 0 Å². The molecule has 0 bridgehead atoms. The van der Waals surface area contributed by atoms with Gasteiger partial charge in [-0.05, 0) is 19.9 Å². The summed E-state index contributed by atoms with van der Waals surface area (Å²) < 4.78 is 10.5. The van der Waals surface area contributed by atoms with Crippen LogP contribution in [-0.2, 0) is 13.6 Å². The van der Waals surface area contributed by atoms with Crippen LogP contribution in [0.1, 0.15) is 27.2 Å². The van der Waals surface area contributed by atoms with Crippen molar-refractivity contribution in [1.29, 1.82) is 0 Å². The molecular formula is C9H18O3Si. The van der Waals surface area contributed by atoms with Gasteiger partial charge in [0.15, 0.2) is 0 Å². The lowest BCUT2D eigenvalue weighted by atomic mass is 10.4. The molecule has 0 radical (unpaired) electrons. The van der Waals surface area contributed by atoms with Crippen LogP contribution >= 0.6 is 0 Å². The number of hydrogen-bond acceptors (Lipinski definition) is 3. The van der Waals surface area contributed by atoms with Crippen molar-refractivity contribution in [3.05, 3.63) is 12.2 Å². The first-order chi connectivity index (χ1) is 6.11. The summed E-state index contributed by atoms with van der Waals surface area (Å²) in [7, 11) is -1.76. The van der Waals surface area contributed by atoms with Crippen LogP contribution in [-0.4, -0.2) is 21.9 Å². The van der Waals surface area contributed by atoms with Gasteiger partial charge in [-0.1, -0.05) is 19.9 Å². The second-order valence-corrected chi connectivity index (χ2v) is 4.86. The van der Waals surface area contributed by atoms with Crippen LogP contribution in [0.3, 0.4) is 0 Å². The van der Waals surface area contributed by atoms with Crippen LogP contribution in [0.2, 0.25) is 6.04 Å². The summed E-state index contributed by atoms with van der Waals surface area (Å²) in [4.78, 5) is 11.1. The predicted octanol–water partition coefficient (Wildman–Crippen LogP) is 1.77. The molecule has 0 aliphatic rings. The monoisotopic (exact) mass is 202 g/mol. The molecule has 3 nitrogen and oxygen atoms in total. The van der Waals surface area contributed by atoms with Crippen molar-refractivity contribution in [3.8, 4) is 0 Å². The first-order valence-electron chi connectivity index (χ1n) is 4.59. The highest BCUT2D eigenvalue weighted by atomic mass is 28.3. The molecule has 0 aromatic carbocycles. The molecule has 76 valence electrons. The first kappa shape index (κ1) is 12.4. The van der Waals surface area contributed by atoms with Crippen molar-refractivity contribution in [2.24, 2.45) is 0 Å². The Morgan fingerprint density at radius 2 is 2.08 bits per heavy atom. The van der Waals surface area contributed by atoms with E-state index >= 15 is 0 Å². The van der Waals surface area contributed by atoms with Crippen LogP contribution in [0.5, 0.6) is 0 Å². The zero-order valence-corrected chi connectivity index (χ0v) is 9.79. The maximum absolute atomic E-state index is 11.1. The standard InChI is InChI=1S/C9H18O3Si/c1-5-7-13(11-6-2)12-9(10)8(3)4/h13H,3,5-7H2,1-2,4H3. The quantitative estimate of drug-likeness (QED) is 0.486. The maximum atomic E-state index is 11.1. The summed E-state index contributed by atoms with van der Waals surface area (Å²) in [5, 5.41) is 0. The number of hydrogen-bond donors (Lipinski definition) is 0. The minimum Gasteiger partial charge on any atom is -0.493 e. The summed E-state index contributed by atoms with van der Waals surface area (Å²) in [6.45, 7) is 9.73. The van der Waals surface area contributed by atoms with Crippen LogP contribution in [0.4, 0.5) is 0 Å². The average Bonchev–Trinajstić information content (AvgIpc) is 2.05. The lowest BCUT2D eigenvalue weighted by molar-refractivity contribution is -0.131. The Morgan fingerprint density at radius 1 is 1.46 bits per heavy atom. The summed E-state index contributed by atoms with van der Waals surface area (Å²) in [5.41, 5.74) is 0.438. The van der Waals surface area contributed by atoms with E-state index in [0.717, 1.165) is 12.5 Å². The predicted molar refractivity (Wildman–Crippen MR) is 54.8 cm³/mol. The van der Waals surface area contributed by atoms with Gasteiger partial charge in [-0.15, -0.1) is 0 Å². The van der Waals surface area contributed by atoms with Crippen LogP contribution in [0, 0.1) is 0 Å². The molecule has 0 aliphatic carbocycles. The second kappa shape index (κ2) is 6.86. The van der Waals surface area contributed by atoms with Crippen molar-refractivity contribution in [2.45, 2.75) is 33.2 Å². The van der Waals surface area contributed by atoms with Gasteiger partial charge in [-0.3, -0.25) is 0 Å². The van der Waals surface area contributed by atoms with E-state index in [1.807, 2.05) is 13.8 Å². The molecule has 0 saturated carbocycles. The molecule has 0 aliphatic heterocycles. The molecule has 0 fully saturated rings. The Kier molecular flexibility index (Phi) is 6.53. The third-order valence-electron chi connectivity index (χ3n) is 1.46. The molecule has 0 N–H and O–H groups in total. The van der Waals surface area contributed by atoms with E-state index < -0.39 is 9.28 Å². The minimum atomic E-state index is -1.76. The van der Waals surface area contributed by atoms with Crippen molar-refractivity contribution < 1.29 is 13.6 Å². The fourth-order valence-electron chi connectivity index (χ4n) is 0.818. The second-order valence-electron chi connectivity index (χ2n) is 2.86. The molecule has 0 spiro atoms. The van der Waals surface area contributed by atoms with E-state index in [-0.39, 0.29) is 5.97 Å². The van der Waals surface area contributed by atoms with Crippen LogP contribution < -0.4 is 0 Å². The average molecular weight is 202 g/mol. The SMILES string of the molecule is C=C(C)C(=O)O[SiH](CCC)OCC. The third kappa shape index (κ3) is 5.60. The lowest BCUT2D eigenvalue weighted by Crippen LogP contribution is -2.26. The van der Waals surface area contributed by atoms with E-state index in [1.54, 1.807) is 6.92 Å².